The lowest BCUT2D eigenvalue weighted by atomic mass is 10.1. The molecule has 176 valence electrons. The Balaban J connectivity index is 1.53. The highest BCUT2D eigenvalue weighted by Gasteiger charge is 2.21. The van der Waals surface area contributed by atoms with Crippen LogP contribution in [0.2, 0.25) is 0 Å². The standard InChI is InChI=1S/C23H25F3N4O3/c1-14-11-19-21(23(31)27-5-6-29-7-9-32-10-8-29)15(2)28-30(19)20(12-14)33-13-16-17(24)3-4-18(25)22(16)26/h3-4,11-12H,5-10,13H2,1-2H3,(H,27,31). The topological polar surface area (TPSA) is 68.1 Å². The van der Waals surface area contributed by atoms with Gasteiger partial charge in [-0.2, -0.15) is 9.61 Å². The van der Waals surface area contributed by atoms with Crippen molar-refractivity contribution >= 4 is 11.4 Å². The first-order valence-corrected chi connectivity index (χ1v) is 10.7. The van der Waals surface area contributed by atoms with Gasteiger partial charge in [-0.25, -0.2) is 13.2 Å². The molecular formula is C23H25F3N4O3. The number of pyridine rings is 1. The molecule has 4 rings (SSSR count). The number of amides is 1. The summed E-state index contributed by atoms with van der Waals surface area (Å²) < 4.78 is 53.8. The van der Waals surface area contributed by atoms with Crippen molar-refractivity contribution in [3.05, 3.63) is 64.1 Å². The lowest BCUT2D eigenvalue weighted by Crippen LogP contribution is -2.41. The number of hydrogen-bond donors (Lipinski definition) is 1. The van der Waals surface area contributed by atoms with Crippen LogP contribution in [0.3, 0.4) is 0 Å². The molecule has 3 aromatic rings. The van der Waals surface area contributed by atoms with Gasteiger partial charge in [-0.3, -0.25) is 9.69 Å². The van der Waals surface area contributed by atoms with E-state index in [1.54, 1.807) is 26.0 Å². The van der Waals surface area contributed by atoms with Crippen molar-refractivity contribution in [1.82, 2.24) is 19.8 Å². The van der Waals surface area contributed by atoms with Crippen LogP contribution in [0.1, 0.15) is 27.2 Å². The predicted molar refractivity (Wildman–Crippen MR) is 115 cm³/mol. The van der Waals surface area contributed by atoms with Gasteiger partial charge in [0.1, 0.15) is 12.4 Å². The van der Waals surface area contributed by atoms with E-state index in [9.17, 15) is 18.0 Å². The average Bonchev–Trinajstić information content (AvgIpc) is 3.12. The fourth-order valence-corrected chi connectivity index (χ4v) is 3.83. The van der Waals surface area contributed by atoms with Crippen molar-refractivity contribution in [2.75, 3.05) is 39.4 Å². The molecule has 0 atom stereocenters. The van der Waals surface area contributed by atoms with E-state index in [2.05, 4.69) is 15.3 Å². The minimum atomic E-state index is -1.30. The van der Waals surface area contributed by atoms with E-state index in [4.69, 9.17) is 9.47 Å². The molecule has 0 radical (unpaired) electrons. The Hall–Kier alpha value is -3.11. The smallest absolute Gasteiger partial charge is 0.255 e. The maximum absolute atomic E-state index is 14.0. The third kappa shape index (κ3) is 4.96. The first kappa shape index (κ1) is 23.1. The van der Waals surface area contributed by atoms with Gasteiger partial charge in [0.2, 0.25) is 5.88 Å². The van der Waals surface area contributed by atoms with Crippen LogP contribution in [0.5, 0.6) is 5.88 Å². The highest BCUT2D eigenvalue weighted by atomic mass is 19.2. The quantitative estimate of drug-likeness (QED) is 0.547. The second kappa shape index (κ2) is 9.80. The maximum atomic E-state index is 14.0. The highest BCUT2D eigenvalue weighted by Crippen LogP contribution is 2.25. The predicted octanol–water partition coefficient (Wildman–Crippen LogP) is 3.01. The number of rotatable bonds is 7. The Morgan fingerprint density at radius 1 is 1.15 bits per heavy atom. The fraction of sp³-hybridized carbons (Fsp3) is 0.391. The zero-order valence-electron chi connectivity index (χ0n) is 18.5. The lowest BCUT2D eigenvalue weighted by Gasteiger charge is -2.26. The first-order chi connectivity index (χ1) is 15.8. The van der Waals surface area contributed by atoms with Crippen LogP contribution in [0.4, 0.5) is 13.2 Å². The summed E-state index contributed by atoms with van der Waals surface area (Å²) in [6.45, 7) is 7.20. The van der Waals surface area contributed by atoms with Gasteiger partial charge in [0.25, 0.3) is 5.91 Å². The number of fused-ring (bicyclic) bond motifs is 1. The van der Waals surface area contributed by atoms with Gasteiger partial charge in [-0.1, -0.05) is 0 Å². The lowest BCUT2D eigenvalue weighted by molar-refractivity contribution is 0.0383. The molecule has 1 N–H and O–H groups in total. The van der Waals surface area contributed by atoms with Crippen LogP contribution in [0, 0.1) is 31.3 Å². The summed E-state index contributed by atoms with van der Waals surface area (Å²) in [6, 6.07) is 4.99. The summed E-state index contributed by atoms with van der Waals surface area (Å²) >= 11 is 0. The Morgan fingerprint density at radius 3 is 2.64 bits per heavy atom. The largest absolute Gasteiger partial charge is 0.473 e. The van der Waals surface area contributed by atoms with E-state index in [0.29, 0.717) is 43.1 Å². The Kier molecular flexibility index (Phi) is 6.85. The summed E-state index contributed by atoms with van der Waals surface area (Å²) in [5.41, 5.74) is 1.63. The van der Waals surface area contributed by atoms with Gasteiger partial charge in [0.05, 0.1) is 35.6 Å². The molecule has 1 aliphatic heterocycles. The normalized spacial score (nSPS) is 14.6. The Morgan fingerprint density at radius 2 is 1.88 bits per heavy atom. The van der Waals surface area contributed by atoms with E-state index < -0.39 is 29.6 Å². The molecule has 10 heteroatoms. The van der Waals surface area contributed by atoms with Crippen LogP contribution >= 0.6 is 0 Å². The molecule has 0 bridgehead atoms. The summed E-state index contributed by atoms with van der Waals surface area (Å²) in [7, 11) is 0. The van der Waals surface area contributed by atoms with Gasteiger partial charge in [-0.15, -0.1) is 0 Å². The molecule has 33 heavy (non-hydrogen) atoms. The van der Waals surface area contributed by atoms with Crippen molar-refractivity contribution in [2.45, 2.75) is 20.5 Å². The number of carbonyl (C=O) groups is 1. The maximum Gasteiger partial charge on any atom is 0.255 e. The number of nitrogens with zero attached hydrogens (tertiary/aromatic N) is 3. The van der Waals surface area contributed by atoms with Crippen molar-refractivity contribution in [2.24, 2.45) is 0 Å². The molecule has 1 aromatic carbocycles. The second-order valence-electron chi connectivity index (χ2n) is 7.95. The van der Waals surface area contributed by atoms with Gasteiger partial charge in [-0.05, 0) is 37.6 Å². The van der Waals surface area contributed by atoms with Crippen LogP contribution in [0.15, 0.2) is 24.3 Å². The molecular weight excluding hydrogens is 437 g/mol. The SMILES string of the molecule is Cc1cc(OCc2c(F)ccc(F)c2F)n2nc(C)c(C(=O)NCCN3CCOCC3)c2c1. The van der Waals surface area contributed by atoms with E-state index in [-0.39, 0.29) is 11.8 Å². The van der Waals surface area contributed by atoms with E-state index in [1.807, 2.05) is 0 Å². The van der Waals surface area contributed by atoms with Crippen LogP contribution in [-0.4, -0.2) is 59.8 Å². The Labute approximate surface area is 189 Å². The van der Waals surface area contributed by atoms with Gasteiger partial charge in [0, 0.05) is 32.2 Å². The fourth-order valence-electron chi connectivity index (χ4n) is 3.83. The minimum Gasteiger partial charge on any atom is -0.473 e. The van der Waals surface area contributed by atoms with Crippen molar-refractivity contribution in [1.29, 1.82) is 0 Å². The molecule has 1 fully saturated rings. The summed E-state index contributed by atoms with van der Waals surface area (Å²) in [6.07, 6.45) is 0. The molecule has 0 aliphatic carbocycles. The third-order valence-corrected chi connectivity index (χ3v) is 5.57. The zero-order chi connectivity index (χ0) is 23.5. The van der Waals surface area contributed by atoms with E-state index in [1.165, 1.54) is 4.52 Å². The number of ether oxygens (including phenoxy) is 2. The average molecular weight is 462 g/mol. The number of nitrogens with one attached hydrogen (secondary N) is 1. The number of aromatic nitrogens is 2. The summed E-state index contributed by atoms with van der Waals surface area (Å²) in [5.74, 6) is -3.45. The monoisotopic (exact) mass is 462 g/mol. The number of aryl methyl sites for hydroxylation is 2. The number of halogens is 3. The molecule has 0 unspecified atom stereocenters. The molecule has 0 saturated carbocycles. The van der Waals surface area contributed by atoms with Crippen LogP contribution in [0.25, 0.3) is 5.52 Å². The first-order valence-electron chi connectivity index (χ1n) is 10.7. The summed E-state index contributed by atoms with van der Waals surface area (Å²) in [5, 5.41) is 7.32. The van der Waals surface area contributed by atoms with E-state index in [0.717, 1.165) is 30.8 Å². The van der Waals surface area contributed by atoms with Crippen molar-refractivity contribution in [3.63, 3.8) is 0 Å². The molecule has 1 aliphatic rings. The van der Waals surface area contributed by atoms with E-state index >= 15 is 0 Å². The van der Waals surface area contributed by atoms with Gasteiger partial charge >= 0.3 is 0 Å². The van der Waals surface area contributed by atoms with Crippen LogP contribution in [-0.2, 0) is 11.3 Å². The van der Waals surface area contributed by atoms with Gasteiger partial charge < -0.3 is 14.8 Å². The third-order valence-electron chi connectivity index (χ3n) is 5.57. The van der Waals surface area contributed by atoms with Crippen LogP contribution < -0.4 is 10.1 Å². The molecule has 3 heterocycles. The number of hydrogen-bond acceptors (Lipinski definition) is 5. The number of carbonyl (C=O) groups excluding carboxylic acids is 1. The zero-order valence-corrected chi connectivity index (χ0v) is 18.5. The molecule has 2 aromatic heterocycles. The van der Waals surface area contributed by atoms with Gasteiger partial charge in [0.15, 0.2) is 11.6 Å². The molecule has 0 spiro atoms. The molecule has 1 amide bonds. The van der Waals surface area contributed by atoms with Crippen molar-refractivity contribution < 1.29 is 27.4 Å². The second-order valence-corrected chi connectivity index (χ2v) is 7.95. The highest BCUT2D eigenvalue weighted by molar-refractivity contribution is 6.02. The van der Waals surface area contributed by atoms with Crippen molar-refractivity contribution in [3.8, 4) is 5.88 Å². The number of benzene rings is 1. The number of morpholine rings is 1. The molecule has 1 saturated heterocycles. The minimum absolute atomic E-state index is 0.184. The molecule has 7 nitrogen and oxygen atoms in total. The summed E-state index contributed by atoms with van der Waals surface area (Å²) in [4.78, 5) is 15.1. The Bertz CT molecular complexity index is 1180.